The lowest BCUT2D eigenvalue weighted by atomic mass is 10.1. The minimum absolute atomic E-state index is 0.304. The number of rotatable bonds is 4. The molecule has 2 aromatic carbocycles. The molecule has 0 radical (unpaired) electrons. The Kier molecular flexibility index (Phi) is 4.99. The molecule has 26 heavy (non-hydrogen) atoms. The smallest absolute Gasteiger partial charge is 0.287 e. The number of thiazole rings is 1. The van der Waals surface area contributed by atoms with Crippen molar-refractivity contribution in [2.24, 2.45) is 12.0 Å². The van der Waals surface area contributed by atoms with E-state index in [1.54, 1.807) is 25.3 Å². The molecule has 3 rings (SSSR count). The van der Waals surface area contributed by atoms with Crippen molar-refractivity contribution in [2.45, 2.75) is 6.92 Å². The van der Waals surface area contributed by atoms with Crippen LogP contribution in [-0.2, 0) is 7.05 Å². The Morgan fingerprint density at radius 2 is 1.62 bits per heavy atom. The van der Waals surface area contributed by atoms with E-state index in [0.717, 1.165) is 21.5 Å². The number of nitrogens with zero attached hydrogens (tertiary/aromatic N) is 2. The lowest BCUT2D eigenvalue weighted by Gasteiger charge is -2.09. The summed E-state index contributed by atoms with van der Waals surface area (Å²) in [4.78, 5) is 17.8. The summed E-state index contributed by atoms with van der Waals surface area (Å²) in [7, 11) is 6.52. The molecule has 6 nitrogen and oxygen atoms in total. The standard InChI is InChI=1S/C19H20N2O4S/c1-11-9-10-14(25-5)16-17(11)26-19(21(16)2)20-18(22)15-12(23-3)7-6-8-13(15)24-4/h6-10H,1-5H3. The van der Waals surface area contributed by atoms with Gasteiger partial charge in [0.05, 0.1) is 26.0 Å². The van der Waals surface area contributed by atoms with Gasteiger partial charge in [0, 0.05) is 7.05 Å². The number of amides is 1. The van der Waals surface area contributed by atoms with Crippen LogP contribution < -0.4 is 19.0 Å². The largest absolute Gasteiger partial charge is 0.496 e. The lowest BCUT2D eigenvalue weighted by molar-refractivity contribution is 0.0992. The summed E-state index contributed by atoms with van der Waals surface area (Å²) in [5, 5.41) is 0. The molecule has 0 saturated carbocycles. The Morgan fingerprint density at radius 3 is 2.19 bits per heavy atom. The van der Waals surface area contributed by atoms with Gasteiger partial charge in [-0.15, -0.1) is 0 Å². The van der Waals surface area contributed by atoms with Crippen molar-refractivity contribution in [3.8, 4) is 17.2 Å². The maximum absolute atomic E-state index is 12.9. The van der Waals surface area contributed by atoms with E-state index in [2.05, 4.69) is 4.99 Å². The Morgan fingerprint density at radius 1 is 1.00 bits per heavy atom. The van der Waals surface area contributed by atoms with Gasteiger partial charge in [0.2, 0.25) is 0 Å². The molecular formula is C19H20N2O4S. The average Bonchev–Trinajstić information content (AvgIpc) is 2.98. The van der Waals surface area contributed by atoms with E-state index < -0.39 is 5.91 Å². The zero-order chi connectivity index (χ0) is 18.8. The zero-order valence-electron chi connectivity index (χ0n) is 15.3. The molecule has 0 saturated heterocycles. The predicted molar refractivity (Wildman–Crippen MR) is 102 cm³/mol. The summed E-state index contributed by atoms with van der Waals surface area (Å²) in [6.45, 7) is 2.02. The van der Waals surface area contributed by atoms with E-state index in [-0.39, 0.29) is 0 Å². The molecule has 0 fully saturated rings. The van der Waals surface area contributed by atoms with Gasteiger partial charge in [-0.05, 0) is 30.7 Å². The first kappa shape index (κ1) is 18.0. The number of aryl methyl sites for hydroxylation is 2. The first-order valence-electron chi connectivity index (χ1n) is 7.95. The van der Waals surface area contributed by atoms with E-state index in [0.29, 0.717) is 21.9 Å². The van der Waals surface area contributed by atoms with Gasteiger partial charge >= 0.3 is 0 Å². The highest BCUT2D eigenvalue weighted by molar-refractivity contribution is 7.16. The van der Waals surface area contributed by atoms with Gasteiger partial charge in [-0.25, -0.2) is 0 Å². The number of ether oxygens (including phenoxy) is 3. The Labute approximate surface area is 155 Å². The Hall–Kier alpha value is -2.80. The van der Waals surface area contributed by atoms with Crippen molar-refractivity contribution in [1.82, 2.24) is 4.57 Å². The molecule has 0 aliphatic rings. The quantitative estimate of drug-likeness (QED) is 0.705. The van der Waals surface area contributed by atoms with Crippen LogP contribution in [0.15, 0.2) is 35.3 Å². The molecule has 0 spiro atoms. The van der Waals surface area contributed by atoms with Gasteiger partial charge in [0.1, 0.15) is 28.3 Å². The average molecular weight is 372 g/mol. The number of benzene rings is 2. The van der Waals surface area contributed by atoms with Crippen LogP contribution in [0.4, 0.5) is 0 Å². The highest BCUT2D eigenvalue weighted by Gasteiger charge is 2.19. The fraction of sp³-hybridized carbons (Fsp3) is 0.263. The van der Waals surface area contributed by atoms with Crippen LogP contribution in [0.3, 0.4) is 0 Å². The molecule has 0 aliphatic carbocycles. The molecule has 0 unspecified atom stereocenters. The number of hydrogen-bond donors (Lipinski definition) is 0. The number of carbonyl (C=O) groups is 1. The van der Waals surface area contributed by atoms with Gasteiger partial charge in [0.15, 0.2) is 4.80 Å². The van der Waals surface area contributed by atoms with Crippen LogP contribution in [-0.4, -0.2) is 31.8 Å². The molecule has 1 heterocycles. The van der Waals surface area contributed by atoms with Crippen molar-refractivity contribution < 1.29 is 19.0 Å². The molecule has 0 atom stereocenters. The van der Waals surface area contributed by atoms with E-state index in [9.17, 15) is 4.79 Å². The topological polar surface area (TPSA) is 62.1 Å². The van der Waals surface area contributed by atoms with E-state index in [1.165, 1.54) is 25.6 Å². The van der Waals surface area contributed by atoms with E-state index >= 15 is 0 Å². The summed E-state index contributed by atoms with van der Waals surface area (Å²) in [5.74, 6) is 1.18. The highest BCUT2D eigenvalue weighted by Crippen LogP contribution is 2.31. The van der Waals surface area contributed by atoms with Crippen LogP contribution in [0, 0.1) is 6.92 Å². The van der Waals surface area contributed by atoms with Crippen LogP contribution in [0.25, 0.3) is 10.2 Å². The first-order valence-corrected chi connectivity index (χ1v) is 8.76. The molecule has 136 valence electrons. The fourth-order valence-corrected chi connectivity index (χ4v) is 3.93. The van der Waals surface area contributed by atoms with E-state index in [4.69, 9.17) is 14.2 Å². The second kappa shape index (κ2) is 7.21. The molecule has 0 bridgehead atoms. The van der Waals surface area contributed by atoms with Gasteiger partial charge < -0.3 is 18.8 Å². The SMILES string of the molecule is COc1cccc(OC)c1C(=O)N=c1sc2c(C)ccc(OC)c2n1C. The predicted octanol–water partition coefficient (Wildman–Crippen LogP) is 3.32. The zero-order valence-corrected chi connectivity index (χ0v) is 16.1. The molecule has 7 heteroatoms. The van der Waals surface area contributed by atoms with Crippen molar-refractivity contribution in [3.63, 3.8) is 0 Å². The number of fused-ring (bicyclic) bond motifs is 1. The summed E-state index contributed by atoms with van der Waals surface area (Å²) >= 11 is 1.44. The summed E-state index contributed by atoms with van der Waals surface area (Å²) in [5.41, 5.74) is 2.32. The third-order valence-corrected chi connectivity index (χ3v) is 5.43. The highest BCUT2D eigenvalue weighted by atomic mass is 32.1. The second-order valence-corrected chi connectivity index (χ2v) is 6.64. The molecule has 0 aliphatic heterocycles. The van der Waals surface area contributed by atoms with Crippen LogP contribution in [0.2, 0.25) is 0 Å². The fourth-order valence-electron chi connectivity index (χ4n) is 2.82. The Balaban J connectivity index is 2.22. The molecule has 1 aromatic heterocycles. The monoisotopic (exact) mass is 372 g/mol. The normalized spacial score (nSPS) is 11.7. The number of methoxy groups -OCH3 is 3. The van der Waals surface area contributed by atoms with Crippen molar-refractivity contribution in [1.29, 1.82) is 0 Å². The molecule has 0 N–H and O–H groups in total. The summed E-state index contributed by atoms with van der Waals surface area (Å²) < 4.78 is 19.0. The lowest BCUT2D eigenvalue weighted by Crippen LogP contribution is -2.14. The minimum Gasteiger partial charge on any atom is -0.496 e. The Bertz CT molecular complexity index is 1030. The van der Waals surface area contributed by atoms with E-state index in [1.807, 2.05) is 30.7 Å². The van der Waals surface area contributed by atoms with Crippen LogP contribution >= 0.6 is 11.3 Å². The first-order chi connectivity index (χ1) is 12.5. The van der Waals surface area contributed by atoms with Crippen molar-refractivity contribution in [3.05, 3.63) is 46.3 Å². The van der Waals surface area contributed by atoms with Gasteiger partial charge in [-0.1, -0.05) is 23.5 Å². The summed E-state index contributed by atoms with van der Waals surface area (Å²) in [6.07, 6.45) is 0. The summed E-state index contributed by atoms with van der Waals surface area (Å²) in [6, 6.07) is 9.10. The van der Waals surface area contributed by atoms with Crippen LogP contribution in [0.1, 0.15) is 15.9 Å². The van der Waals surface area contributed by atoms with Gasteiger partial charge in [-0.3, -0.25) is 4.79 Å². The third-order valence-electron chi connectivity index (χ3n) is 4.17. The van der Waals surface area contributed by atoms with Crippen molar-refractivity contribution in [2.75, 3.05) is 21.3 Å². The number of aromatic nitrogens is 1. The molecule has 3 aromatic rings. The number of carbonyl (C=O) groups excluding carboxylic acids is 1. The second-order valence-electron chi connectivity index (χ2n) is 5.66. The maximum atomic E-state index is 12.9. The molecular weight excluding hydrogens is 352 g/mol. The van der Waals surface area contributed by atoms with Gasteiger partial charge in [-0.2, -0.15) is 4.99 Å². The van der Waals surface area contributed by atoms with Crippen LogP contribution in [0.5, 0.6) is 17.2 Å². The number of hydrogen-bond acceptors (Lipinski definition) is 5. The molecule has 1 amide bonds. The third kappa shape index (κ3) is 2.94. The maximum Gasteiger partial charge on any atom is 0.287 e. The van der Waals surface area contributed by atoms with Gasteiger partial charge in [0.25, 0.3) is 5.91 Å². The van der Waals surface area contributed by atoms with Crippen molar-refractivity contribution >= 4 is 27.5 Å². The minimum atomic E-state index is -0.418.